The third kappa shape index (κ3) is 5.35. The van der Waals surface area contributed by atoms with Gasteiger partial charge in [-0.1, -0.05) is 24.3 Å². The largest absolute Gasteiger partial charge is 0.493 e. The number of para-hydroxylation sites is 1. The van der Waals surface area contributed by atoms with Gasteiger partial charge < -0.3 is 24.6 Å². The monoisotopic (exact) mass is 431 g/mol. The number of aliphatic carboxylic acids is 1. The molecular formula is C24H30FNO5. The first-order valence-electron chi connectivity index (χ1n) is 10.5. The van der Waals surface area contributed by atoms with E-state index in [-0.39, 0.29) is 11.7 Å². The summed E-state index contributed by atoms with van der Waals surface area (Å²) in [5.74, 6) is -0.707. The van der Waals surface area contributed by atoms with Crippen LogP contribution in [0.15, 0.2) is 42.5 Å². The van der Waals surface area contributed by atoms with E-state index in [9.17, 15) is 19.4 Å². The van der Waals surface area contributed by atoms with E-state index >= 15 is 0 Å². The highest BCUT2D eigenvalue weighted by Crippen LogP contribution is 2.46. The van der Waals surface area contributed by atoms with Crippen molar-refractivity contribution in [3.63, 3.8) is 0 Å². The molecular weight excluding hydrogens is 401 g/mol. The Balaban J connectivity index is 1.73. The zero-order valence-electron chi connectivity index (χ0n) is 18.0. The summed E-state index contributed by atoms with van der Waals surface area (Å²) >= 11 is 0. The number of carboxylic acids is 1. The summed E-state index contributed by atoms with van der Waals surface area (Å²) in [4.78, 5) is 14.0. The quantitative estimate of drug-likeness (QED) is 0.633. The van der Waals surface area contributed by atoms with Crippen LogP contribution in [0.5, 0.6) is 11.5 Å². The van der Waals surface area contributed by atoms with Gasteiger partial charge >= 0.3 is 5.97 Å². The first kappa shape index (κ1) is 23.0. The number of hydrogen-bond donors (Lipinski definition) is 2. The Hall–Kier alpha value is -2.64. The third-order valence-electron chi connectivity index (χ3n) is 6.18. The molecule has 2 aromatic carbocycles. The van der Waals surface area contributed by atoms with Crippen LogP contribution in [0.4, 0.5) is 4.39 Å². The highest BCUT2D eigenvalue weighted by molar-refractivity contribution is 5.69. The highest BCUT2D eigenvalue weighted by Gasteiger charge is 2.44. The molecule has 1 aliphatic rings. The molecule has 7 heteroatoms. The van der Waals surface area contributed by atoms with Crippen molar-refractivity contribution in [1.82, 2.24) is 4.90 Å². The molecule has 2 aromatic rings. The standard InChI is InChI=1S/C24H30FNO5/c1-30-21-5-3-4-20(23(21)31-2)24(29,16-22(27)28)18-11-14-26(15-12-18)13-10-17-6-8-19(25)9-7-17/h3-9,18,29H,10-16H2,1-2H3,(H,27,28). The average molecular weight is 432 g/mol. The second kappa shape index (κ2) is 10.1. The van der Waals surface area contributed by atoms with Crippen LogP contribution in [0, 0.1) is 11.7 Å². The summed E-state index contributed by atoms with van der Waals surface area (Å²) in [6.07, 6.45) is 1.73. The maximum absolute atomic E-state index is 13.1. The lowest BCUT2D eigenvalue weighted by Crippen LogP contribution is -2.45. The van der Waals surface area contributed by atoms with Gasteiger partial charge in [0.15, 0.2) is 11.5 Å². The molecule has 1 unspecified atom stereocenters. The minimum atomic E-state index is -1.56. The number of nitrogens with zero attached hydrogens (tertiary/aromatic N) is 1. The normalized spacial score (nSPS) is 17.2. The van der Waals surface area contributed by atoms with Crippen molar-refractivity contribution >= 4 is 5.97 Å². The lowest BCUT2D eigenvalue weighted by atomic mass is 9.73. The molecule has 168 valence electrons. The summed E-state index contributed by atoms with van der Waals surface area (Å²) in [6.45, 7) is 2.33. The molecule has 6 nitrogen and oxygen atoms in total. The van der Waals surface area contributed by atoms with Crippen LogP contribution in [-0.2, 0) is 16.8 Å². The topological polar surface area (TPSA) is 79.2 Å². The first-order valence-corrected chi connectivity index (χ1v) is 10.5. The number of likely N-dealkylation sites (tertiary alicyclic amines) is 1. The van der Waals surface area contributed by atoms with Crippen LogP contribution in [-0.4, -0.2) is 54.9 Å². The van der Waals surface area contributed by atoms with Crippen molar-refractivity contribution in [2.75, 3.05) is 33.9 Å². The molecule has 0 aliphatic carbocycles. The first-order chi connectivity index (χ1) is 14.9. The molecule has 0 bridgehead atoms. The van der Waals surface area contributed by atoms with Gasteiger partial charge in [-0.05, 0) is 62.0 Å². The summed E-state index contributed by atoms with van der Waals surface area (Å²) < 4.78 is 23.9. The third-order valence-corrected chi connectivity index (χ3v) is 6.18. The second-order valence-electron chi connectivity index (χ2n) is 8.03. The average Bonchev–Trinajstić information content (AvgIpc) is 2.77. The molecule has 1 heterocycles. The number of carbonyl (C=O) groups is 1. The van der Waals surface area contributed by atoms with Gasteiger partial charge in [0, 0.05) is 12.1 Å². The van der Waals surface area contributed by atoms with Crippen molar-refractivity contribution in [3.8, 4) is 11.5 Å². The number of benzene rings is 2. The van der Waals surface area contributed by atoms with Crippen LogP contribution in [0.25, 0.3) is 0 Å². The van der Waals surface area contributed by atoms with E-state index < -0.39 is 18.0 Å². The molecule has 0 saturated carbocycles. The molecule has 1 aliphatic heterocycles. The molecule has 1 atom stereocenters. The molecule has 1 saturated heterocycles. The van der Waals surface area contributed by atoms with Crippen molar-refractivity contribution < 1.29 is 28.9 Å². The predicted octanol–water partition coefficient (Wildman–Crippen LogP) is 3.46. The van der Waals surface area contributed by atoms with E-state index in [1.165, 1.54) is 26.4 Å². The summed E-state index contributed by atoms with van der Waals surface area (Å²) in [5.41, 5.74) is -0.0390. The van der Waals surface area contributed by atoms with Gasteiger partial charge in [-0.2, -0.15) is 0 Å². The van der Waals surface area contributed by atoms with Crippen LogP contribution in [0.1, 0.15) is 30.4 Å². The Morgan fingerprint density at radius 2 is 1.81 bits per heavy atom. The van der Waals surface area contributed by atoms with Gasteiger partial charge in [-0.3, -0.25) is 4.79 Å². The zero-order valence-corrected chi connectivity index (χ0v) is 18.0. The fraction of sp³-hybridized carbons (Fsp3) is 0.458. The zero-order chi connectivity index (χ0) is 22.4. The predicted molar refractivity (Wildman–Crippen MR) is 115 cm³/mol. The lowest BCUT2D eigenvalue weighted by Gasteiger charge is -2.41. The molecule has 1 fully saturated rings. The number of halogens is 1. The number of piperidine rings is 1. The summed E-state index contributed by atoms with van der Waals surface area (Å²) in [5, 5.41) is 21.2. The molecule has 31 heavy (non-hydrogen) atoms. The Morgan fingerprint density at radius 3 is 2.39 bits per heavy atom. The molecule has 0 amide bonds. The molecule has 2 N–H and O–H groups in total. The number of methoxy groups -OCH3 is 2. The van der Waals surface area contributed by atoms with Gasteiger partial charge in [0.25, 0.3) is 0 Å². The van der Waals surface area contributed by atoms with E-state index in [4.69, 9.17) is 9.47 Å². The molecule has 0 radical (unpaired) electrons. The van der Waals surface area contributed by atoms with Crippen molar-refractivity contribution in [1.29, 1.82) is 0 Å². The van der Waals surface area contributed by atoms with Crippen LogP contribution < -0.4 is 9.47 Å². The van der Waals surface area contributed by atoms with Crippen molar-refractivity contribution in [2.45, 2.75) is 31.3 Å². The number of carboxylic acid groups (broad SMARTS) is 1. The van der Waals surface area contributed by atoms with E-state index in [2.05, 4.69) is 4.90 Å². The van der Waals surface area contributed by atoms with E-state index in [0.29, 0.717) is 29.9 Å². The summed E-state index contributed by atoms with van der Waals surface area (Å²) in [7, 11) is 3.00. The Bertz CT molecular complexity index is 880. The SMILES string of the molecule is COc1cccc(C(O)(CC(=O)O)C2CCN(CCc3ccc(F)cc3)CC2)c1OC. The number of aliphatic hydroxyl groups is 1. The Morgan fingerprint density at radius 1 is 1.13 bits per heavy atom. The van der Waals surface area contributed by atoms with E-state index in [1.807, 2.05) is 0 Å². The van der Waals surface area contributed by atoms with Gasteiger partial charge in [0.05, 0.1) is 20.6 Å². The fourth-order valence-electron chi connectivity index (χ4n) is 4.49. The second-order valence-corrected chi connectivity index (χ2v) is 8.03. The summed E-state index contributed by atoms with van der Waals surface area (Å²) in [6, 6.07) is 11.7. The van der Waals surface area contributed by atoms with Crippen molar-refractivity contribution in [3.05, 3.63) is 59.4 Å². The van der Waals surface area contributed by atoms with Gasteiger partial charge in [0.2, 0.25) is 0 Å². The van der Waals surface area contributed by atoms with Gasteiger partial charge in [-0.15, -0.1) is 0 Å². The maximum Gasteiger partial charge on any atom is 0.306 e. The van der Waals surface area contributed by atoms with Crippen LogP contribution in [0.2, 0.25) is 0 Å². The fourth-order valence-corrected chi connectivity index (χ4v) is 4.49. The maximum atomic E-state index is 13.1. The van der Waals surface area contributed by atoms with Crippen LogP contribution >= 0.6 is 0 Å². The highest BCUT2D eigenvalue weighted by atomic mass is 19.1. The smallest absolute Gasteiger partial charge is 0.306 e. The van der Waals surface area contributed by atoms with Gasteiger partial charge in [0.1, 0.15) is 11.4 Å². The van der Waals surface area contributed by atoms with E-state index in [1.54, 1.807) is 30.3 Å². The number of hydrogen-bond acceptors (Lipinski definition) is 5. The lowest BCUT2D eigenvalue weighted by molar-refractivity contribution is -0.147. The van der Waals surface area contributed by atoms with E-state index in [0.717, 1.165) is 31.6 Å². The number of rotatable bonds is 9. The van der Waals surface area contributed by atoms with Crippen LogP contribution in [0.3, 0.4) is 0 Å². The number of ether oxygens (including phenoxy) is 2. The Kier molecular flexibility index (Phi) is 7.51. The minimum Gasteiger partial charge on any atom is -0.493 e. The Labute approximate surface area is 182 Å². The minimum absolute atomic E-state index is 0.230. The van der Waals surface area contributed by atoms with Crippen molar-refractivity contribution in [2.24, 2.45) is 5.92 Å². The molecule has 3 rings (SSSR count). The van der Waals surface area contributed by atoms with Gasteiger partial charge in [-0.25, -0.2) is 4.39 Å². The molecule has 0 aromatic heterocycles. The molecule has 0 spiro atoms.